The van der Waals surface area contributed by atoms with Gasteiger partial charge in [-0.25, -0.2) is 4.39 Å². The summed E-state index contributed by atoms with van der Waals surface area (Å²) in [6.07, 6.45) is 0.535. The van der Waals surface area contributed by atoms with Gasteiger partial charge in [0.15, 0.2) is 6.29 Å². The van der Waals surface area contributed by atoms with Crippen LogP contribution >= 0.6 is 11.3 Å². The molecule has 0 bridgehead atoms. The van der Waals surface area contributed by atoms with E-state index in [1.807, 2.05) is 0 Å². The fourth-order valence-corrected chi connectivity index (χ4v) is 2.36. The lowest BCUT2D eigenvalue weighted by Crippen LogP contribution is -1.87. The fraction of sp³-hybridized carbons (Fsp3) is 0.100. The maximum absolute atomic E-state index is 13.2. The Hall–Kier alpha value is -1.42. The molecule has 4 heteroatoms. The SMILES string of the molecule is COc1csc2c(C=O)c(F)ccc12. The molecule has 0 atom stereocenters. The van der Waals surface area contributed by atoms with Crippen LogP contribution in [0.15, 0.2) is 17.5 Å². The average Bonchev–Trinajstić information content (AvgIpc) is 2.60. The number of ether oxygens (including phenoxy) is 1. The number of fused-ring (bicyclic) bond motifs is 1. The number of hydrogen-bond acceptors (Lipinski definition) is 3. The number of aldehydes is 1. The highest BCUT2D eigenvalue weighted by molar-refractivity contribution is 7.18. The molecular weight excluding hydrogens is 203 g/mol. The normalized spacial score (nSPS) is 10.4. The van der Waals surface area contributed by atoms with Gasteiger partial charge in [0, 0.05) is 10.8 Å². The van der Waals surface area contributed by atoms with Crippen LogP contribution in [0.25, 0.3) is 10.1 Å². The second-order valence-corrected chi connectivity index (χ2v) is 3.64. The molecule has 72 valence electrons. The minimum absolute atomic E-state index is 0.107. The van der Waals surface area contributed by atoms with Crippen molar-refractivity contribution in [2.45, 2.75) is 0 Å². The zero-order valence-corrected chi connectivity index (χ0v) is 8.23. The van der Waals surface area contributed by atoms with E-state index in [0.29, 0.717) is 16.7 Å². The van der Waals surface area contributed by atoms with E-state index in [4.69, 9.17) is 4.74 Å². The molecular formula is C10H7FO2S. The van der Waals surface area contributed by atoms with Crippen LogP contribution in [0.2, 0.25) is 0 Å². The molecule has 2 aromatic rings. The maximum Gasteiger partial charge on any atom is 0.154 e. The molecule has 0 amide bonds. The van der Waals surface area contributed by atoms with Crippen molar-refractivity contribution in [2.75, 3.05) is 7.11 Å². The van der Waals surface area contributed by atoms with Crippen molar-refractivity contribution in [3.05, 3.63) is 28.9 Å². The van der Waals surface area contributed by atoms with Gasteiger partial charge in [0.25, 0.3) is 0 Å². The van der Waals surface area contributed by atoms with Crippen molar-refractivity contribution in [1.29, 1.82) is 0 Å². The first-order valence-corrected chi connectivity index (χ1v) is 4.84. The smallest absolute Gasteiger partial charge is 0.154 e. The molecule has 2 nitrogen and oxygen atoms in total. The van der Waals surface area contributed by atoms with Crippen LogP contribution in [0.3, 0.4) is 0 Å². The van der Waals surface area contributed by atoms with Crippen molar-refractivity contribution in [3.63, 3.8) is 0 Å². The Morgan fingerprint density at radius 2 is 2.29 bits per heavy atom. The number of carbonyl (C=O) groups is 1. The number of halogens is 1. The van der Waals surface area contributed by atoms with Crippen LogP contribution < -0.4 is 4.74 Å². The summed E-state index contributed by atoms with van der Waals surface area (Å²) < 4.78 is 18.9. The number of rotatable bonds is 2. The first kappa shape index (κ1) is 9.15. The zero-order chi connectivity index (χ0) is 10.1. The summed E-state index contributed by atoms with van der Waals surface area (Å²) in [5, 5.41) is 2.54. The number of thiophene rings is 1. The fourth-order valence-electron chi connectivity index (χ4n) is 1.34. The van der Waals surface area contributed by atoms with Gasteiger partial charge < -0.3 is 4.74 Å². The Morgan fingerprint density at radius 1 is 1.50 bits per heavy atom. The van der Waals surface area contributed by atoms with Gasteiger partial charge in [-0.1, -0.05) is 0 Å². The van der Waals surface area contributed by atoms with E-state index in [9.17, 15) is 9.18 Å². The van der Waals surface area contributed by atoms with Crippen LogP contribution in [0.5, 0.6) is 5.75 Å². The molecule has 0 radical (unpaired) electrons. The van der Waals surface area contributed by atoms with E-state index >= 15 is 0 Å². The van der Waals surface area contributed by atoms with Crippen molar-refractivity contribution in [1.82, 2.24) is 0 Å². The third-order valence-corrected chi connectivity index (χ3v) is 3.04. The van der Waals surface area contributed by atoms with Crippen LogP contribution in [0.1, 0.15) is 10.4 Å². The molecule has 0 fully saturated rings. The molecule has 1 aromatic carbocycles. The van der Waals surface area contributed by atoms with E-state index in [1.165, 1.54) is 17.4 Å². The maximum atomic E-state index is 13.2. The van der Waals surface area contributed by atoms with Gasteiger partial charge in [-0.2, -0.15) is 0 Å². The Bertz CT molecular complexity index is 490. The Kier molecular flexibility index (Phi) is 2.21. The van der Waals surface area contributed by atoms with Gasteiger partial charge in [0.1, 0.15) is 11.6 Å². The number of carbonyl (C=O) groups excluding carboxylic acids is 1. The molecule has 0 aliphatic heterocycles. The molecule has 1 aromatic heterocycles. The molecule has 0 unspecified atom stereocenters. The Morgan fingerprint density at radius 3 is 2.93 bits per heavy atom. The Labute approximate surface area is 83.9 Å². The van der Waals surface area contributed by atoms with Gasteiger partial charge in [-0.15, -0.1) is 11.3 Å². The molecule has 1 heterocycles. The lowest BCUT2D eigenvalue weighted by Gasteiger charge is -1.98. The van der Waals surface area contributed by atoms with Crippen molar-refractivity contribution < 1.29 is 13.9 Å². The quantitative estimate of drug-likeness (QED) is 0.712. The average molecular weight is 210 g/mol. The monoisotopic (exact) mass is 210 g/mol. The van der Waals surface area contributed by atoms with E-state index in [0.717, 1.165) is 5.39 Å². The summed E-state index contributed by atoms with van der Waals surface area (Å²) >= 11 is 1.31. The largest absolute Gasteiger partial charge is 0.495 e. The molecule has 0 aliphatic carbocycles. The molecule has 2 rings (SSSR count). The zero-order valence-electron chi connectivity index (χ0n) is 7.41. The second kappa shape index (κ2) is 3.38. The third kappa shape index (κ3) is 1.19. The van der Waals surface area contributed by atoms with Gasteiger partial charge in [-0.3, -0.25) is 4.79 Å². The topological polar surface area (TPSA) is 26.3 Å². The standard InChI is InChI=1S/C10H7FO2S/c1-13-9-5-14-10-6(9)2-3-8(11)7(10)4-12/h2-5H,1H3. The summed E-state index contributed by atoms with van der Waals surface area (Å²) in [5.41, 5.74) is 0.107. The first-order chi connectivity index (χ1) is 6.77. The minimum atomic E-state index is -0.489. The summed E-state index contributed by atoms with van der Waals surface area (Å²) in [6.45, 7) is 0. The van der Waals surface area contributed by atoms with Gasteiger partial charge in [-0.05, 0) is 12.1 Å². The Balaban J connectivity index is 2.83. The molecule has 0 saturated carbocycles. The van der Waals surface area contributed by atoms with Gasteiger partial charge in [0.2, 0.25) is 0 Å². The predicted octanol–water partition coefficient (Wildman–Crippen LogP) is 2.86. The highest BCUT2D eigenvalue weighted by Crippen LogP contribution is 2.34. The van der Waals surface area contributed by atoms with Gasteiger partial charge >= 0.3 is 0 Å². The van der Waals surface area contributed by atoms with Crippen LogP contribution in [0.4, 0.5) is 4.39 Å². The third-order valence-electron chi connectivity index (χ3n) is 2.03. The van der Waals surface area contributed by atoms with E-state index < -0.39 is 5.82 Å². The minimum Gasteiger partial charge on any atom is -0.495 e. The van der Waals surface area contributed by atoms with Crippen molar-refractivity contribution in [3.8, 4) is 5.75 Å². The van der Waals surface area contributed by atoms with Crippen LogP contribution in [0, 0.1) is 5.82 Å². The highest BCUT2D eigenvalue weighted by Gasteiger charge is 2.11. The lowest BCUT2D eigenvalue weighted by atomic mass is 10.1. The van der Waals surface area contributed by atoms with Crippen LogP contribution in [-0.2, 0) is 0 Å². The van der Waals surface area contributed by atoms with Crippen molar-refractivity contribution in [2.24, 2.45) is 0 Å². The summed E-state index contributed by atoms with van der Waals surface area (Å²) in [6, 6.07) is 2.90. The van der Waals surface area contributed by atoms with Crippen molar-refractivity contribution >= 4 is 27.7 Å². The molecule has 14 heavy (non-hydrogen) atoms. The van der Waals surface area contributed by atoms with E-state index in [2.05, 4.69) is 0 Å². The predicted molar refractivity (Wildman–Crippen MR) is 53.7 cm³/mol. The summed E-state index contributed by atoms with van der Waals surface area (Å²) in [5.74, 6) is 0.185. The second-order valence-electron chi connectivity index (χ2n) is 2.76. The summed E-state index contributed by atoms with van der Waals surface area (Å²) in [7, 11) is 1.55. The molecule has 0 aliphatic rings. The number of methoxy groups -OCH3 is 1. The van der Waals surface area contributed by atoms with Crippen LogP contribution in [-0.4, -0.2) is 13.4 Å². The van der Waals surface area contributed by atoms with E-state index in [1.54, 1.807) is 18.6 Å². The molecule has 0 saturated heterocycles. The highest BCUT2D eigenvalue weighted by atomic mass is 32.1. The van der Waals surface area contributed by atoms with Gasteiger partial charge in [0.05, 0.1) is 17.4 Å². The molecule has 0 N–H and O–H groups in total. The number of hydrogen-bond donors (Lipinski definition) is 0. The lowest BCUT2D eigenvalue weighted by molar-refractivity contribution is 0.112. The van der Waals surface area contributed by atoms with E-state index in [-0.39, 0.29) is 5.56 Å². The first-order valence-electron chi connectivity index (χ1n) is 3.96. The number of benzene rings is 1. The molecule has 0 spiro atoms. The summed E-state index contributed by atoms with van der Waals surface area (Å²) in [4.78, 5) is 10.7.